The van der Waals surface area contributed by atoms with Gasteiger partial charge in [-0.3, -0.25) is 9.59 Å². The van der Waals surface area contributed by atoms with Crippen molar-refractivity contribution in [1.29, 1.82) is 0 Å². The number of hydrogen-bond donors (Lipinski definition) is 1. The Morgan fingerprint density at radius 3 is 2.03 bits per heavy atom. The summed E-state index contributed by atoms with van der Waals surface area (Å²) in [4.78, 5) is 30.5. The van der Waals surface area contributed by atoms with Crippen molar-refractivity contribution >= 4 is 18.2 Å². The third kappa shape index (κ3) is 9.59. The number of amides is 2. The molecule has 0 heterocycles. The van der Waals surface area contributed by atoms with Crippen molar-refractivity contribution in [3.63, 3.8) is 0 Å². The van der Waals surface area contributed by atoms with Gasteiger partial charge in [0, 0.05) is 26.6 Å². The second-order valence-electron chi connectivity index (χ2n) is 8.16. The van der Waals surface area contributed by atoms with Crippen LogP contribution >= 0.6 is 0 Å². The number of hydrogen-bond acceptors (Lipinski definition) is 6. The van der Waals surface area contributed by atoms with Gasteiger partial charge in [0.2, 0.25) is 6.41 Å². The van der Waals surface area contributed by atoms with Crippen LogP contribution in [0.3, 0.4) is 0 Å². The number of likely N-dealkylation sites (N-methyl/N-ethyl adjacent to an activating group) is 1. The van der Waals surface area contributed by atoms with Crippen LogP contribution in [0.4, 0.5) is 26.3 Å². The number of halogens is 6. The van der Waals surface area contributed by atoms with Gasteiger partial charge in [-0.15, -0.1) is 0 Å². The van der Waals surface area contributed by atoms with Crippen LogP contribution in [0.2, 0.25) is 0 Å². The highest BCUT2D eigenvalue weighted by Gasteiger charge is 2.37. The lowest BCUT2D eigenvalue weighted by molar-refractivity contribution is -0.143. The SMILES string of the molecule is C/C(C(=O)N(C)CCO)=C(\N=C(\OCCOc1cc(C(F)(F)F)cc(C(F)(F)F)c1)C(C)C)N(C)C=O. The molecule has 0 atom stereocenters. The van der Waals surface area contributed by atoms with Crippen LogP contribution in [0.5, 0.6) is 5.75 Å². The summed E-state index contributed by atoms with van der Waals surface area (Å²) >= 11 is 0. The van der Waals surface area contributed by atoms with E-state index in [2.05, 4.69) is 4.99 Å². The molecule has 0 spiro atoms. The van der Waals surface area contributed by atoms with E-state index < -0.39 is 47.7 Å². The van der Waals surface area contributed by atoms with Crippen LogP contribution in [-0.2, 0) is 26.7 Å². The smallest absolute Gasteiger partial charge is 0.416 e. The number of nitrogens with zero attached hydrogens (tertiary/aromatic N) is 3. The summed E-state index contributed by atoms with van der Waals surface area (Å²) in [6.45, 7) is 3.78. The lowest BCUT2D eigenvalue weighted by Crippen LogP contribution is -2.32. The molecule has 0 saturated carbocycles. The van der Waals surface area contributed by atoms with Gasteiger partial charge in [0.05, 0.1) is 23.3 Å². The van der Waals surface area contributed by atoms with Gasteiger partial charge in [0.25, 0.3) is 5.91 Å². The predicted molar refractivity (Wildman–Crippen MR) is 121 cm³/mol. The quantitative estimate of drug-likeness (QED) is 0.114. The van der Waals surface area contributed by atoms with E-state index in [1.54, 1.807) is 13.8 Å². The minimum Gasteiger partial charge on any atom is -0.490 e. The molecule has 1 aromatic carbocycles. The minimum absolute atomic E-state index is 0.00804. The fourth-order valence-corrected chi connectivity index (χ4v) is 2.86. The molecule has 37 heavy (non-hydrogen) atoms. The lowest BCUT2D eigenvalue weighted by Gasteiger charge is -2.21. The number of carbonyl (C=O) groups is 2. The highest BCUT2D eigenvalue weighted by molar-refractivity contribution is 5.94. The summed E-state index contributed by atoms with van der Waals surface area (Å²) in [6, 6.07) is 0.890. The standard InChI is InChI=1S/C23H29F6N3O5/c1-14(2)20(30-19(32(5)13-34)15(3)21(35)31(4)6-7-33)37-9-8-36-18-11-16(22(24,25)26)10-17(12-18)23(27,28)29/h10-14,33H,6-9H2,1-5H3/b19-15-,30-20+. The normalized spacial score (nSPS) is 13.3. The zero-order chi connectivity index (χ0) is 28.6. The first-order valence-electron chi connectivity index (χ1n) is 10.9. The van der Waals surface area contributed by atoms with Gasteiger partial charge in [-0.2, -0.15) is 31.3 Å². The average molecular weight is 541 g/mol. The molecule has 14 heteroatoms. The number of aliphatic hydroxyl groups excluding tert-OH is 1. The third-order valence-corrected chi connectivity index (χ3v) is 4.80. The van der Waals surface area contributed by atoms with Crippen molar-refractivity contribution in [2.45, 2.75) is 33.1 Å². The monoisotopic (exact) mass is 541 g/mol. The first-order valence-corrected chi connectivity index (χ1v) is 10.9. The third-order valence-electron chi connectivity index (χ3n) is 4.80. The van der Waals surface area contributed by atoms with E-state index in [4.69, 9.17) is 14.6 Å². The molecular weight excluding hydrogens is 512 g/mol. The zero-order valence-electron chi connectivity index (χ0n) is 20.9. The molecule has 0 aliphatic carbocycles. The van der Waals surface area contributed by atoms with Gasteiger partial charge >= 0.3 is 12.4 Å². The van der Waals surface area contributed by atoms with Gasteiger partial charge in [-0.25, -0.2) is 0 Å². The highest BCUT2D eigenvalue weighted by Crippen LogP contribution is 2.38. The van der Waals surface area contributed by atoms with E-state index in [1.165, 1.54) is 25.9 Å². The maximum Gasteiger partial charge on any atom is 0.416 e. The Morgan fingerprint density at radius 2 is 1.59 bits per heavy atom. The van der Waals surface area contributed by atoms with Gasteiger partial charge in [0.15, 0.2) is 5.90 Å². The summed E-state index contributed by atoms with van der Waals surface area (Å²) in [5.41, 5.74) is -2.96. The summed E-state index contributed by atoms with van der Waals surface area (Å²) in [5, 5.41) is 9.04. The van der Waals surface area contributed by atoms with Crippen LogP contribution in [0, 0.1) is 5.92 Å². The number of aliphatic imine (C=N–C) groups is 1. The summed E-state index contributed by atoms with van der Waals surface area (Å²) in [7, 11) is 2.79. The zero-order valence-corrected chi connectivity index (χ0v) is 20.9. The van der Waals surface area contributed by atoms with Crippen LogP contribution in [0.1, 0.15) is 31.9 Å². The molecule has 0 radical (unpaired) electrons. The minimum atomic E-state index is -5.01. The van der Waals surface area contributed by atoms with Crippen LogP contribution in [0.25, 0.3) is 0 Å². The molecule has 1 rings (SSSR count). The van der Waals surface area contributed by atoms with Crippen LogP contribution in [0.15, 0.2) is 34.6 Å². The predicted octanol–water partition coefficient (Wildman–Crippen LogP) is 3.94. The Morgan fingerprint density at radius 1 is 1.05 bits per heavy atom. The Bertz CT molecular complexity index is 973. The van der Waals surface area contributed by atoms with Crippen LogP contribution in [-0.4, -0.2) is 73.6 Å². The van der Waals surface area contributed by atoms with Gasteiger partial charge in [-0.05, 0) is 25.1 Å². The number of ether oxygens (including phenoxy) is 2. The van der Waals surface area contributed by atoms with E-state index in [0.717, 1.165) is 4.90 Å². The molecule has 0 unspecified atom stereocenters. The van der Waals surface area contributed by atoms with E-state index in [0.29, 0.717) is 18.5 Å². The van der Waals surface area contributed by atoms with Crippen molar-refractivity contribution in [3.8, 4) is 5.75 Å². The number of carbonyl (C=O) groups excluding carboxylic acids is 2. The molecule has 0 bridgehead atoms. The number of alkyl halides is 6. The molecule has 0 saturated heterocycles. The molecule has 0 fully saturated rings. The summed E-state index contributed by atoms with van der Waals surface area (Å²) in [6.07, 6.45) is -9.61. The molecule has 8 nitrogen and oxygen atoms in total. The first kappa shape index (κ1) is 31.7. The van der Waals surface area contributed by atoms with Crippen molar-refractivity contribution in [3.05, 3.63) is 40.7 Å². The Kier molecular flexibility index (Phi) is 11.4. The summed E-state index contributed by atoms with van der Waals surface area (Å²) in [5.74, 6) is -1.58. The van der Waals surface area contributed by atoms with Crippen molar-refractivity contribution in [2.24, 2.45) is 10.9 Å². The Labute approximate surface area is 210 Å². The fraction of sp³-hybridized carbons (Fsp3) is 0.522. The molecule has 208 valence electrons. The number of benzene rings is 1. The van der Waals surface area contributed by atoms with Gasteiger partial charge in [0.1, 0.15) is 24.8 Å². The number of aliphatic hydroxyl groups is 1. The second kappa shape index (κ2) is 13.3. The van der Waals surface area contributed by atoms with Gasteiger partial charge in [-0.1, -0.05) is 13.8 Å². The topological polar surface area (TPSA) is 91.7 Å². The molecular formula is C23H29F6N3O5. The molecule has 1 N–H and O–H groups in total. The molecule has 0 aliphatic heterocycles. The highest BCUT2D eigenvalue weighted by atomic mass is 19.4. The molecule has 2 amide bonds. The maximum absolute atomic E-state index is 13.0. The summed E-state index contributed by atoms with van der Waals surface area (Å²) < 4.78 is 88.7. The van der Waals surface area contributed by atoms with Gasteiger partial charge < -0.3 is 24.4 Å². The van der Waals surface area contributed by atoms with Crippen molar-refractivity contribution < 1.29 is 50.5 Å². The van der Waals surface area contributed by atoms with Crippen LogP contribution < -0.4 is 4.74 Å². The van der Waals surface area contributed by atoms with E-state index >= 15 is 0 Å². The second-order valence-corrected chi connectivity index (χ2v) is 8.16. The Hall–Kier alpha value is -3.29. The largest absolute Gasteiger partial charge is 0.490 e. The van der Waals surface area contributed by atoms with E-state index in [9.17, 15) is 35.9 Å². The molecule has 0 aromatic heterocycles. The first-order chi connectivity index (χ1) is 17.0. The average Bonchev–Trinajstić information content (AvgIpc) is 2.80. The van der Waals surface area contributed by atoms with E-state index in [-0.39, 0.29) is 43.1 Å². The number of rotatable bonds is 11. The maximum atomic E-state index is 13.0. The molecule has 0 aliphatic rings. The Balaban J connectivity index is 3.13. The van der Waals surface area contributed by atoms with E-state index in [1.807, 2.05) is 0 Å². The van der Waals surface area contributed by atoms with Crippen molar-refractivity contribution in [1.82, 2.24) is 9.80 Å². The lowest BCUT2D eigenvalue weighted by atomic mass is 10.1. The van der Waals surface area contributed by atoms with Crippen molar-refractivity contribution in [2.75, 3.05) is 40.5 Å². The molecule has 1 aromatic rings. The fourth-order valence-electron chi connectivity index (χ4n) is 2.86.